The minimum absolute atomic E-state index is 0.457. The summed E-state index contributed by atoms with van der Waals surface area (Å²) in [6, 6.07) is 0. The van der Waals surface area contributed by atoms with E-state index in [1.165, 1.54) is 19.3 Å². The Kier molecular flexibility index (Phi) is 1.24. The van der Waals surface area contributed by atoms with Crippen LogP contribution in [0.3, 0.4) is 0 Å². The van der Waals surface area contributed by atoms with Crippen molar-refractivity contribution in [3.8, 4) is 0 Å². The normalized spacial score (nSPS) is 32.0. The molecule has 0 aromatic heterocycles. The lowest BCUT2D eigenvalue weighted by molar-refractivity contribution is -0.187. The fourth-order valence-corrected chi connectivity index (χ4v) is 1.58. The van der Waals surface area contributed by atoms with Gasteiger partial charge in [0.05, 0.1) is 13.2 Å². The summed E-state index contributed by atoms with van der Waals surface area (Å²) in [5, 5.41) is 0. The van der Waals surface area contributed by atoms with Gasteiger partial charge in [-0.05, 0) is 12.8 Å². The summed E-state index contributed by atoms with van der Waals surface area (Å²) in [7, 11) is 0. The van der Waals surface area contributed by atoms with E-state index in [9.17, 15) is 0 Å². The van der Waals surface area contributed by atoms with Gasteiger partial charge in [0, 0.05) is 5.41 Å². The molecule has 9 heavy (non-hydrogen) atoms. The van der Waals surface area contributed by atoms with Crippen LogP contribution in [0.2, 0.25) is 0 Å². The van der Waals surface area contributed by atoms with Crippen LogP contribution in [0.1, 0.15) is 19.3 Å². The van der Waals surface area contributed by atoms with Gasteiger partial charge in [-0.1, -0.05) is 6.42 Å². The zero-order valence-corrected chi connectivity index (χ0v) is 5.56. The molecule has 1 spiro atoms. The van der Waals surface area contributed by atoms with E-state index in [4.69, 9.17) is 9.47 Å². The molecule has 0 amide bonds. The van der Waals surface area contributed by atoms with Crippen molar-refractivity contribution in [2.45, 2.75) is 19.3 Å². The molecule has 52 valence electrons. The summed E-state index contributed by atoms with van der Waals surface area (Å²) in [5.41, 5.74) is 0.457. The predicted molar refractivity (Wildman–Crippen MR) is 33.1 cm³/mol. The maximum Gasteiger partial charge on any atom is 0.146 e. The standard InChI is InChI=1S/C7H12O2/c1-2-7(3-1)4-8-6-9-5-7/h1-6H2. The molecule has 2 heteroatoms. The Bertz CT molecular complexity index is 99.5. The van der Waals surface area contributed by atoms with Crippen molar-refractivity contribution in [2.75, 3.05) is 20.0 Å². The molecular formula is C7H12O2. The molecule has 0 unspecified atom stereocenters. The minimum Gasteiger partial charge on any atom is -0.355 e. The highest BCUT2D eigenvalue weighted by Gasteiger charge is 2.39. The first-order valence-corrected chi connectivity index (χ1v) is 3.57. The van der Waals surface area contributed by atoms with E-state index in [0.717, 1.165) is 13.2 Å². The Hall–Kier alpha value is -0.0800. The molecule has 1 aliphatic heterocycles. The molecule has 2 aliphatic rings. The fourth-order valence-electron chi connectivity index (χ4n) is 1.58. The zero-order valence-electron chi connectivity index (χ0n) is 5.56. The molecule has 0 aromatic carbocycles. The second-order valence-electron chi connectivity index (χ2n) is 3.17. The monoisotopic (exact) mass is 128 g/mol. The van der Waals surface area contributed by atoms with Crippen molar-refractivity contribution < 1.29 is 9.47 Å². The van der Waals surface area contributed by atoms with E-state index in [0.29, 0.717) is 12.2 Å². The minimum atomic E-state index is 0.457. The highest BCUT2D eigenvalue weighted by Crippen LogP contribution is 2.42. The number of hydrogen-bond donors (Lipinski definition) is 0. The van der Waals surface area contributed by atoms with E-state index < -0.39 is 0 Å². The Balaban J connectivity index is 1.93. The molecule has 2 nitrogen and oxygen atoms in total. The SMILES string of the molecule is C1CC2(C1)COCOC2. The average Bonchev–Trinajstić information content (AvgIpc) is 1.87. The zero-order chi connectivity index (χ0) is 6.16. The Morgan fingerprint density at radius 2 is 1.67 bits per heavy atom. The molecule has 2 rings (SSSR count). The maximum atomic E-state index is 5.20. The third-order valence-corrected chi connectivity index (χ3v) is 2.40. The second kappa shape index (κ2) is 1.96. The molecule has 1 aliphatic carbocycles. The van der Waals surface area contributed by atoms with E-state index in [1.54, 1.807) is 0 Å². The van der Waals surface area contributed by atoms with Crippen LogP contribution >= 0.6 is 0 Å². The molecule has 1 saturated carbocycles. The Morgan fingerprint density at radius 3 is 2.00 bits per heavy atom. The van der Waals surface area contributed by atoms with E-state index in [2.05, 4.69) is 0 Å². The summed E-state index contributed by atoms with van der Waals surface area (Å²) in [6.45, 7) is 2.39. The van der Waals surface area contributed by atoms with Crippen molar-refractivity contribution in [3.63, 3.8) is 0 Å². The number of rotatable bonds is 0. The highest BCUT2D eigenvalue weighted by atomic mass is 16.7. The topological polar surface area (TPSA) is 18.5 Å². The van der Waals surface area contributed by atoms with Crippen molar-refractivity contribution in [2.24, 2.45) is 5.41 Å². The second-order valence-corrected chi connectivity index (χ2v) is 3.17. The first-order chi connectivity index (χ1) is 4.41. The van der Waals surface area contributed by atoms with Crippen LogP contribution in [0, 0.1) is 5.41 Å². The fraction of sp³-hybridized carbons (Fsp3) is 1.00. The summed E-state index contributed by atoms with van der Waals surface area (Å²) < 4.78 is 10.4. The third-order valence-electron chi connectivity index (χ3n) is 2.40. The lowest BCUT2D eigenvalue weighted by Gasteiger charge is -2.43. The van der Waals surface area contributed by atoms with Gasteiger partial charge in [0.25, 0.3) is 0 Å². The molecule has 0 N–H and O–H groups in total. The van der Waals surface area contributed by atoms with Crippen LogP contribution in [0.5, 0.6) is 0 Å². The van der Waals surface area contributed by atoms with Crippen LogP contribution in [-0.2, 0) is 9.47 Å². The molecular weight excluding hydrogens is 116 g/mol. The Labute approximate surface area is 55.1 Å². The molecule has 1 heterocycles. The molecule has 0 atom stereocenters. The van der Waals surface area contributed by atoms with E-state index in [1.807, 2.05) is 0 Å². The predicted octanol–water partition coefficient (Wildman–Crippen LogP) is 1.16. The first kappa shape index (κ1) is 5.69. The van der Waals surface area contributed by atoms with Crippen molar-refractivity contribution in [1.29, 1.82) is 0 Å². The summed E-state index contributed by atoms with van der Waals surface area (Å²) in [5.74, 6) is 0. The van der Waals surface area contributed by atoms with Gasteiger partial charge in [0.1, 0.15) is 6.79 Å². The summed E-state index contributed by atoms with van der Waals surface area (Å²) in [6.07, 6.45) is 3.99. The average molecular weight is 128 g/mol. The van der Waals surface area contributed by atoms with Gasteiger partial charge in [-0.3, -0.25) is 0 Å². The summed E-state index contributed by atoms with van der Waals surface area (Å²) >= 11 is 0. The van der Waals surface area contributed by atoms with Crippen molar-refractivity contribution >= 4 is 0 Å². The molecule has 1 saturated heterocycles. The Morgan fingerprint density at radius 1 is 1.00 bits per heavy atom. The molecule has 0 aromatic rings. The van der Waals surface area contributed by atoms with Gasteiger partial charge < -0.3 is 9.47 Å². The molecule has 0 radical (unpaired) electrons. The van der Waals surface area contributed by atoms with Crippen molar-refractivity contribution in [3.05, 3.63) is 0 Å². The van der Waals surface area contributed by atoms with Crippen molar-refractivity contribution in [1.82, 2.24) is 0 Å². The first-order valence-electron chi connectivity index (χ1n) is 3.57. The van der Waals surface area contributed by atoms with Gasteiger partial charge in [-0.25, -0.2) is 0 Å². The van der Waals surface area contributed by atoms with Gasteiger partial charge in [0.15, 0.2) is 0 Å². The smallest absolute Gasteiger partial charge is 0.146 e. The maximum absolute atomic E-state index is 5.20. The van der Waals surface area contributed by atoms with Crippen LogP contribution in [0.15, 0.2) is 0 Å². The lowest BCUT2D eigenvalue weighted by Crippen LogP contribution is -2.42. The number of ether oxygens (including phenoxy) is 2. The van der Waals surface area contributed by atoms with Crippen LogP contribution in [0.4, 0.5) is 0 Å². The van der Waals surface area contributed by atoms with E-state index in [-0.39, 0.29) is 0 Å². The third kappa shape index (κ3) is 0.864. The summed E-state index contributed by atoms with van der Waals surface area (Å²) in [4.78, 5) is 0. The van der Waals surface area contributed by atoms with Gasteiger partial charge >= 0.3 is 0 Å². The molecule has 0 bridgehead atoms. The van der Waals surface area contributed by atoms with Crippen LogP contribution in [-0.4, -0.2) is 20.0 Å². The largest absolute Gasteiger partial charge is 0.355 e. The highest BCUT2D eigenvalue weighted by molar-refractivity contribution is 4.88. The lowest BCUT2D eigenvalue weighted by atomic mass is 9.70. The van der Waals surface area contributed by atoms with E-state index >= 15 is 0 Å². The van der Waals surface area contributed by atoms with Crippen LogP contribution in [0.25, 0.3) is 0 Å². The van der Waals surface area contributed by atoms with Gasteiger partial charge in [-0.2, -0.15) is 0 Å². The van der Waals surface area contributed by atoms with Gasteiger partial charge in [0.2, 0.25) is 0 Å². The quantitative estimate of drug-likeness (QED) is 0.487. The van der Waals surface area contributed by atoms with Gasteiger partial charge in [-0.15, -0.1) is 0 Å². The molecule has 2 fully saturated rings. The van der Waals surface area contributed by atoms with Crippen LogP contribution < -0.4 is 0 Å². The number of hydrogen-bond acceptors (Lipinski definition) is 2.